The van der Waals surface area contributed by atoms with Gasteiger partial charge in [0.05, 0.1) is 18.8 Å². The SMILES string of the molecule is CCCCCCCCCCCCCCCCCCCCCCCCCC(=O)N[C@@H]([C@H](O)[C@@H]1O[C@H](CO)[C@@H](O)[C@H](O)[C@H]1O)[C@H](O)CCCCCCCCCCCCCCC. The van der Waals surface area contributed by atoms with Crippen LogP contribution in [0.3, 0.4) is 0 Å². The molecule has 0 radical (unpaired) electrons. The summed E-state index contributed by atoms with van der Waals surface area (Å²) in [6.07, 6.45) is 36.2. The summed E-state index contributed by atoms with van der Waals surface area (Å²) in [5, 5.41) is 66.4. The van der Waals surface area contributed by atoms with E-state index in [-0.39, 0.29) is 12.3 Å². The highest BCUT2D eigenvalue weighted by atomic mass is 16.6. The number of carbonyl (C=O) groups is 1. The second kappa shape index (κ2) is 40.0. The Bertz CT molecular complexity index is 908. The lowest BCUT2D eigenvalue weighted by Crippen LogP contribution is -2.66. The molecule has 1 fully saturated rings. The molecule has 1 heterocycles. The van der Waals surface area contributed by atoms with Gasteiger partial charge in [-0.1, -0.05) is 239 Å². The van der Waals surface area contributed by atoms with Gasteiger partial charge in [-0.2, -0.15) is 0 Å². The summed E-state index contributed by atoms with van der Waals surface area (Å²) in [5.41, 5.74) is 0. The summed E-state index contributed by atoms with van der Waals surface area (Å²) in [6, 6.07) is -1.13. The molecule has 1 aliphatic heterocycles. The lowest BCUT2D eigenvalue weighted by atomic mass is 9.87. The average molecular weight is 842 g/mol. The summed E-state index contributed by atoms with van der Waals surface area (Å²) in [7, 11) is 0. The Morgan fingerprint density at radius 2 is 0.797 bits per heavy atom. The third-order valence-corrected chi connectivity index (χ3v) is 13.0. The van der Waals surface area contributed by atoms with E-state index in [4.69, 9.17) is 4.74 Å². The van der Waals surface area contributed by atoms with Crippen molar-refractivity contribution in [1.29, 1.82) is 0 Å². The van der Waals surface area contributed by atoms with Crippen LogP contribution in [0.25, 0.3) is 0 Å². The van der Waals surface area contributed by atoms with Crippen molar-refractivity contribution in [3.05, 3.63) is 0 Å². The molecule has 0 aliphatic carbocycles. The number of carbonyl (C=O) groups excluding carboxylic acids is 1. The Morgan fingerprint density at radius 1 is 0.475 bits per heavy atom. The quantitative estimate of drug-likeness (QED) is 0.0299. The van der Waals surface area contributed by atoms with Gasteiger partial charge in [0.1, 0.15) is 36.6 Å². The Hall–Kier alpha value is -0.810. The standard InChI is InChI=1S/C50H99NO8/c1-3-5-7-9-11-13-15-17-18-19-20-21-22-23-24-25-26-28-30-32-34-36-38-40-44(54)51-45(47(56)50-49(58)48(57)46(55)43(41-52)59-50)42(53)39-37-35-33-31-29-27-16-14-12-10-8-6-4-2/h42-43,45-50,52-53,55-58H,3-41H2,1-2H3,(H,51,54)/t42-,43-,45-,46-,47+,48+,49-,50+/m1/s1. The van der Waals surface area contributed by atoms with E-state index in [2.05, 4.69) is 19.2 Å². The molecule has 352 valence electrons. The number of ether oxygens (including phenoxy) is 1. The molecular formula is C50H99NO8. The molecule has 0 bridgehead atoms. The maximum Gasteiger partial charge on any atom is 0.220 e. The smallest absolute Gasteiger partial charge is 0.220 e. The van der Waals surface area contributed by atoms with Crippen LogP contribution >= 0.6 is 0 Å². The number of amides is 1. The Labute approximate surface area is 363 Å². The lowest BCUT2D eigenvalue weighted by Gasteiger charge is -2.44. The highest BCUT2D eigenvalue weighted by Gasteiger charge is 2.48. The Balaban J connectivity index is 2.26. The predicted molar refractivity (Wildman–Crippen MR) is 245 cm³/mol. The fourth-order valence-electron chi connectivity index (χ4n) is 8.91. The van der Waals surface area contributed by atoms with E-state index in [1.807, 2.05) is 0 Å². The van der Waals surface area contributed by atoms with Crippen LogP contribution in [0.4, 0.5) is 0 Å². The summed E-state index contributed by atoms with van der Waals surface area (Å²) in [6.45, 7) is 3.91. The van der Waals surface area contributed by atoms with Crippen LogP contribution in [0.2, 0.25) is 0 Å². The highest BCUT2D eigenvalue weighted by Crippen LogP contribution is 2.27. The van der Waals surface area contributed by atoms with Crippen molar-refractivity contribution in [2.45, 2.75) is 307 Å². The predicted octanol–water partition coefficient (Wildman–Crippen LogP) is 10.9. The molecule has 1 aliphatic rings. The minimum Gasteiger partial charge on any atom is -0.394 e. The molecule has 0 unspecified atom stereocenters. The monoisotopic (exact) mass is 842 g/mol. The van der Waals surface area contributed by atoms with E-state index in [0.717, 1.165) is 44.9 Å². The first-order valence-electron chi connectivity index (χ1n) is 25.7. The minimum absolute atomic E-state index is 0.266. The summed E-state index contributed by atoms with van der Waals surface area (Å²) >= 11 is 0. The number of hydrogen-bond acceptors (Lipinski definition) is 8. The summed E-state index contributed by atoms with van der Waals surface area (Å²) in [4.78, 5) is 13.1. The van der Waals surface area contributed by atoms with Gasteiger partial charge in [0.15, 0.2) is 0 Å². The number of rotatable bonds is 43. The molecule has 0 aromatic carbocycles. The van der Waals surface area contributed by atoms with Gasteiger partial charge in [-0.15, -0.1) is 0 Å². The molecule has 0 saturated carbocycles. The molecule has 1 rings (SSSR count). The summed E-state index contributed by atoms with van der Waals surface area (Å²) < 4.78 is 5.62. The van der Waals surface area contributed by atoms with Crippen LogP contribution in [0.15, 0.2) is 0 Å². The van der Waals surface area contributed by atoms with Crippen molar-refractivity contribution >= 4 is 5.91 Å². The molecule has 0 spiro atoms. The molecule has 0 aromatic heterocycles. The van der Waals surface area contributed by atoms with Gasteiger partial charge in [-0.05, 0) is 12.8 Å². The fraction of sp³-hybridized carbons (Fsp3) is 0.980. The van der Waals surface area contributed by atoms with Gasteiger partial charge in [0.2, 0.25) is 5.91 Å². The van der Waals surface area contributed by atoms with Gasteiger partial charge < -0.3 is 40.7 Å². The van der Waals surface area contributed by atoms with Crippen LogP contribution in [-0.4, -0.2) is 91.9 Å². The van der Waals surface area contributed by atoms with Crippen LogP contribution in [0.1, 0.15) is 258 Å². The minimum atomic E-state index is -1.66. The number of nitrogens with one attached hydrogen (secondary N) is 1. The third-order valence-electron chi connectivity index (χ3n) is 13.0. The summed E-state index contributed by atoms with van der Waals surface area (Å²) in [5.74, 6) is -0.286. The number of aliphatic hydroxyl groups excluding tert-OH is 6. The largest absolute Gasteiger partial charge is 0.394 e. The zero-order valence-electron chi connectivity index (χ0n) is 38.7. The van der Waals surface area contributed by atoms with Gasteiger partial charge >= 0.3 is 0 Å². The van der Waals surface area contributed by atoms with Crippen molar-refractivity contribution in [3.8, 4) is 0 Å². The maximum absolute atomic E-state index is 13.1. The molecule has 8 atom stereocenters. The first-order chi connectivity index (χ1) is 28.8. The number of hydrogen-bond donors (Lipinski definition) is 7. The van der Waals surface area contributed by atoms with Crippen molar-refractivity contribution in [2.24, 2.45) is 0 Å². The van der Waals surface area contributed by atoms with E-state index in [0.29, 0.717) is 12.8 Å². The molecule has 59 heavy (non-hydrogen) atoms. The molecule has 9 nitrogen and oxygen atoms in total. The average Bonchev–Trinajstić information content (AvgIpc) is 3.23. The van der Waals surface area contributed by atoms with Crippen molar-refractivity contribution < 1.29 is 40.2 Å². The van der Waals surface area contributed by atoms with E-state index >= 15 is 0 Å². The first-order valence-corrected chi connectivity index (χ1v) is 25.7. The number of unbranched alkanes of at least 4 members (excludes halogenated alkanes) is 34. The maximum atomic E-state index is 13.1. The van der Waals surface area contributed by atoms with Crippen LogP contribution < -0.4 is 5.32 Å². The highest BCUT2D eigenvalue weighted by molar-refractivity contribution is 5.76. The Kier molecular flexibility index (Phi) is 38.1. The van der Waals surface area contributed by atoms with Gasteiger partial charge in [-0.3, -0.25) is 4.79 Å². The fourth-order valence-corrected chi connectivity index (χ4v) is 8.91. The van der Waals surface area contributed by atoms with Gasteiger partial charge in [-0.25, -0.2) is 0 Å². The lowest BCUT2D eigenvalue weighted by molar-refractivity contribution is -0.253. The topological polar surface area (TPSA) is 160 Å². The van der Waals surface area contributed by atoms with E-state index in [9.17, 15) is 35.4 Å². The van der Waals surface area contributed by atoms with E-state index < -0.39 is 55.4 Å². The second-order valence-corrected chi connectivity index (χ2v) is 18.5. The van der Waals surface area contributed by atoms with Crippen molar-refractivity contribution in [3.63, 3.8) is 0 Å². The third kappa shape index (κ3) is 29.2. The van der Waals surface area contributed by atoms with Crippen LogP contribution in [-0.2, 0) is 9.53 Å². The number of aliphatic hydroxyl groups is 6. The van der Waals surface area contributed by atoms with Crippen LogP contribution in [0, 0.1) is 0 Å². The molecular weight excluding hydrogens is 743 g/mol. The van der Waals surface area contributed by atoms with Crippen molar-refractivity contribution in [2.75, 3.05) is 6.61 Å². The second-order valence-electron chi connectivity index (χ2n) is 18.5. The zero-order chi connectivity index (χ0) is 43.2. The van der Waals surface area contributed by atoms with E-state index in [1.165, 1.54) is 180 Å². The molecule has 9 heteroatoms. The molecule has 1 amide bonds. The Morgan fingerprint density at radius 3 is 1.14 bits per heavy atom. The molecule has 0 aromatic rings. The van der Waals surface area contributed by atoms with Crippen molar-refractivity contribution in [1.82, 2.24) is 5.32 Å². The van der Waals surface area contributed by atoms with Gasteiger partial charge in [0.25, 0.3) is 0 Å². The molecule has 7 N–H and O–H groups in total. The normalized spacial score (nSPS) is 21.1. The molecule has 1 saturated heterocycles. The van der Waals surface area contributed by atoms with Crippen LogP contribution in [0.5, 0.6) is 0 Å². The zero-order valence-corrected chi connectivity index (χ0v) is 38.7. The van der Waals surface area contributed by atoms with Gasteiger partial charge in [0, 0.05) is 6.42 Å². The first kappa shape index (κ1) is 56.2. The van der Waals surface area contributed by atoms with E-state index in [1.54, 1.807) is 0 Å².